The molecule has 0 aliphatic carbocycles. The summed E-state index contributed by atoms with van der Waals surface area (Å²) in [5, 5.41) is 9.03. The standard InChI is InChI=1S/C12H12O4/c1-16-12(15)8-11(14)7-4-9-2-5-10(13)6-3-9/h2-7,13H,8H2,1H3. The molecule has 0 aliphatic rings. The topological polar surface area (TPSA) is 63.6 Å². The zero-order valence-corrected chi connectivity index (χ0v) is 8.84. The lowest BCUT2D eigenvalue weighted by Gasteiger charge is -1.95. The third-order valence-electron chi connectivity index (χ3n) is 1.90. The number of methoxy groups -OCH3 is 1. The molecule has 0 atom stereocenters. The van der Waals surface area contributed by atoms with Crippen molar-refractivity contribution in [1.82, 2.24) is 0 Å². The summed E-state index contributed by atoms with van der Waals surface area (Å²) >= 11 is 0. The molecule has 0 fully saturated rings. The van der Waals surface area contributed by atoms with E-state index in [9.17, 15) is 9.59 Å². The third-order valence-corrected chi connectivity index (χ3v) is 1.90. The minimum atomic E-state index is -0.555. The van der Waals surface area contributed by atoms with Crippen LogP contribution in [0.2, 0.25) is 0 Å². The first kappa shape index (κ1) is 12.0. The van der Waals surface area contributed by atoms with Gasteiger partial charge in [-0.1, -0.05) is 18.2 Å². The van der Waals surface area contributed by atoms with Crippen LogP contribution in [0.25, 0.3) is 6.08 Å². The molecule has 16 heavy (non-hydrogen) atoms. The number of benzene rings is 1. The number of aromatic hydroxyl groups is 1. The molecule has 0 aliphatic heterocycles. The Morgan fingerprint density at radius 3 is 2.50 bits per heavy atom. The van der Waals surface area contributed by atoms with E-state index in [2.05, 4.69) is 4.74 Å². The van der Waals surface area contributed by atoms with Crippen LogP contribution in [0.3, 0.4) is 0 Å². The molecule has 0 saturated heterocycles. The van der Waals surface area contributed by atoms with Crippen LogP contribution in [0.1, 0.15) is 12.0 Å². The van der Waals surface area contributed by atoms with Crippen LogP contribution < -0.4 is 0 Å². The summed E-state index contributed by atoms with van der Waals surface area (Å²) in [6.45, 7) is 0. The smallest absolute Gasteiger partial charge is 0.313 e. The summed E-state index contributed by atoms with van der Waals surface area (Å²) in [5.74, 6) is -0.710. The van der Waals surface area contributed by atoms with Crippen molar-refractivity contribution in [1.29, 1.82) is 0 Å². The molecule has 4 heteroatoms. The lowest BCUT2D eigenvalue weighted by atomic mass is 10.1. The summed E-state index contributed by atoms with van der Waals surface area (Å²) in [4.78, 5) is 22.0. The van der Waals surface area contributed by atoms with Gasteiger partial charge in [-0.05, 0) is 23.8 Å². The van der Waals surface area contributed by atoms with E-state index in [1.165, 1.54) is 25.3 Å². The maximum absolute atomic E-state index is 11.2. The normalized spacial score (nSPS) is 10.3. The maximum Gasteiger partial charge on any atom is 0.313 e. The van der Waals surface area contributed by atoms with Crippen molar-refractivity contribution in [3.8, 4) is 5.75 Å². The van der Waals surface area contributed by atoms with E-state index >= 15 is 0 Å². The molecule has 0 saturated carbocycles. The summed E-state index contributed by atoms with van der Waals surface area (Å²) in [6.07, 6.45) is 2.62. The molecule has 4 nitrogen and oxygen atoms in total. The fourth-order valence-electron chi connectivity index (χ4n) is 1.05. The number of carbonyl (C=O) groups excluding carboxylic acids is 2. The molecule has 0 amide bonds. The van der Waals surface area contributed by atoms with Gasteiger partial charge in [-0.2, -0.15) is 0 Å². The Labute approximate surface area is 93.2 Å². The highest BCUT2D eigenvalue weighted by Crippen LogP contribution is 2.10. The van der Waals surface area contributed by atoms with Crippen LogP contribution in [-0.4, -0.2) is 24.0 Å². The van der Waals surface area contributed by atoms with Gasteiger partial charge in [-0.3, -0.25) is 9.59 Å². The Hall–Kier alpha value is -2.10. The average molecular weight is 220 g/mol. The first-order valence-electron chi connectivity index (χ1n) is 4.68. The monoisotopic (exact) mass is 220 g/mol. The van der Waals surface area contributed by atoms with Crippen molar-refractivity contribution in [3.63, 3.8) is 0 Å². The number of ether oxygens (including phenoxy) is 1. The van der Waals surface area contributed by atoms with Gasteiger partial charge in [0.2, 0.25) is 0 Å². The van der Waals surface area contributed by atoms with Gasteiger partial charge in [0.1, 0.15) is 12.2 Å². The van der Waals surface area contributed by atoms with Gasteiger partial charge in [0, 0.05) is 0 Å². The Morgan fingerprint density at radius 2 is 1.94 bits per heavy atom. The van der Waals surface area contributed by atoms with Gasteiger partial charge in [-0.25, -0.2) is 0 Å². The van der Waals surface area contributed by atoms with E-state index in [0.29, 0.717) is 0 Å². The lowest BCUT2D eigenvalue weighted by Crippen LogP contribution is -2.06. The number of phenolic OH excluding ortho intramolecular Hbond substituents is 1. The second-order valence-electron chi connectivity index (χ2n) is 3.14. The molecule has 0 radical (unpaired) electrons. The molecular weight excluding hydrogens is 208 g/mol. The number of hydrogen-bond donors (Lipinski definition) is 1. The first-order valence-corrected chi connectivity index (χ1v) is 4.68. The Bertz CT molecular complexity index is 404. The Kier molecular flexibility index (Phi) is 4.27. The van der Waals surface area contributed by atoms with E-state index in [4.69, 9.17) is 5.11 Å². The molecule has 0 heterocycles. The Balaban J connectivity index is 2.56. The van der Waals surface area contributed by atoms with E-state index < -0.39 is 5.97 Å². The summed E-state index contributed by atoms with van der Waals surface area (Å²) in [7, 11) is 1.24. The van der Waals surface area contributed by atoms with Gasteiger partial charge in [0.05, 0.1) is 7.11 Å². The lowest BCUT2D eigenvalue weighted by molar-refractivity contribution is -0.142. The fraction of sp³-hybridized carbons (Fsp3) is 0.167. The van der Waals surface area contributed by atoms with Crippen molar-refractivity contribution < 1.29 is 19.4 Å². The second kappa shape index (κ2) is 5.70. The van der Waals surface area contributed by atoms with Crippen molar-refractivity contribution in [3.05, 3.63) is 35.9 Å². The molecule has 0 unspecified atom stereocenters. The van der Waals surface area contributed by atoms with Crippen LogP contribution in [0.5, 0.6) is 5.75 Å². The number of carbonyl (C=O) groups is 2. The number of phenols is 1. The summed E-state index contributed by atoms with van der Waals surface area (Å²) in [6, 6.07) is 6.36. The van der Waals surface area contributed by atoms with Crippen LogP contribution in [0, 0.1) is 0 Å². The highest BCUT2D eigenvalue weighted by molar-refractivity contribution is 6.03. The maximum atomic E-state index is 11.2. The van der Waals surface area contributed by atoms with Crippen LogP contribution in [0.4, 0.5) is 0 Å². The van der Waals surface area contributed by atoms with Crippen molar-refractivity contribution in [2.75, 3.05) is 7.11 Å². The largest absolute Gasteiger partial charge is 0.508 e. The number of ketones is 1. The van der Waals surface area contributed by atoms with Crippen LogP contribution >= 0.6 is 0 Å². The molecule has 1 N–H and O–H groups in total. The molecule has 84 valence electrons. The fourth-order valence-corrected chi connectivity index (χ4v) is 1.05. The minimum Gasteiger partial charge on any atom is -0.508 e. The molecule has 0 aromatic heterocycles. The molecule has 0 spiro atoms. The van der Waals surface area contributed by atoms with E-state index in [0.717, 1.165) is 5.56 Å². The predicted molar refractivity (Wildman–Crippen MR) is 58.8 cm³/mol. The Morgan fingerprint density at radius 1 is 1.31 bits per heavy atom. The highest BCUT2D eigenvalue weighted by atomic mass is 16.5. The zero-order valence-electron chi connectivity index (χ0n) is 8.84. The minimum absolute atomic E-state index is 0.165. The van der Waals surface area contributed by atoms with Crippen LogP contribution in [-0.2, 0) is 14.3 Å². The van der Waals surface area contributed by atoms with Gasteiger partial charge < -0.3 is 9.84 Å². The van der Waals surface area contributed by atoms with Gasteiger partial charge in [0.25, 0.3) is 0 Å². The van der Waals surface area contributed by atoms with E-state index in [-0.39, 0.29) is 18.0 Å². The highest BCUT2D eigenvalue weighted by Gasteiger charge is 2.05. The average Bonchev–Trinajstić information content (AvgIpc) is 2.28. The van der Waals surface area contributed by atoms with Gasteiger partial charge in [0.15, 0.2) is 5.78 Å². The quantitative estimate of drug-likeness (QED) is 0.475. The van der Waals surface area contributed by atoms with Gasteiger partial charge >= 0.3 is 5.97 Å². The third kappa shape index (κ3) is 3.96. The zero-order chi connectivity index (χ0) is 12.0. The first-order chi connectivity index (χ1) is 7.61. The van der Waals surface area contributed by atoms with Gasteiger partial charge in [-0.15, -0.1) is 0 Å². The molecule has 1 rings (SSSR count). The van der Waals surface area contributed by atoms with E-state index in [1.54, 1.807) is 18.2 Å². The van der Waals surface area contributed by atoms with Crippen LogP contribution in [0.15, 0.2) is 30.3 Å². The molecule has 1 aromatic rings. The molecule has 1 aromatic carbocycles. The second-order valence-corrected chi connectivity index (χ2v) is 3.14. The van der Waals surface area contributed by atoms with Crippen molar-refractivity contribution in [2.45, 2.75) is 6.42 Å². The molecular formula is C12H12O4. The number of hydrogen-bond acceptors (Lipinski definition) is 4. The predicted octanol–water partition coefficient (Wildman–Crippen LogP) is 1.54. The number of rotatable bonds is 4. The van der Waals surface area contributed by atoms with E-state index in [1.807, 2.05) is 0 Å². The SMILES string of the molecule is COC(=O)CC(=O)C=Cc1ccc(O)cc1. The van der Waals surface area contributed by atoms with Crippen molar-refractivity contribution >= 4 is 17.8 Å². The number of allylic oxidation sites excluding steroid dienone is 1. The molecule has 0 bridgehead atoms. The summed E-state index contributed by atoms with van der Waals surface area (Å²) in [5.41, 5.74) is 0.774. The number of esters is 1. The summed E-state index contributed by atoms with van der Waals surface area (Å²) < 4.78 is 4.36. The van der Waals surface area contributed by atoms with Crippen molar-refractivity contribution in [2.24, 2.45) is 0 Å².